The molecule has 3 N–H and O–H groups in total. The van der Waals surface area contributed by atoms with E-state index >= 15 is 0 Å². The number of hydrogen-bond donors (Lipinski definition) is 2. The monoisotopic (exact) mass is 300 g/mol. The Morgan fingerprint density at radius 1 is 1.30 bits per heavy atom. The molecule has 112 valence electrons. The third kappa shape index (κ3) is 3.49. The van der Waals surface area contributed by atoms with Gasteiger partial charge in [-0.05, 0) is 43.4 Å². The van der Waals surface area contributed by atoms with Crippen LogP contribution in [0.5, 0.6) is 0 Å². The Morgan fingerprint density at radius 2 is 1.95 bits per heavy atom. The standard InChI is InChI=1S/C14H21FN2O2S/c1-10-7-12(8-13(16)14(10)15)20(18,19)17-9-11-5-3-2-4-6-11/h7-8,11,17H,2-6,9,16H2,1H3. The predicted molar refractivity (Wildman–Crippen MR) is 77.3 cm³/mol. The van der Waals surface area contributed by atoms with Gasteiger partial charge in [0.25, 0.3) is 0 Å². The molecule has 0 spiro atoms. The second kappa shape index (κ2) is 6.10. The molecule has 20 heavy (non-hydrogen) atoms. The first-order valence-electron chi connectivity index (χ1n) is 6.95. The summed E-state index contributed by atoms with van der Waals surface area (Å²) < 4.78 is 40.5. The van der Waals surface area contributed by atoms with Crippen molar-refractivity contribution in [3.05, 3.63) is 23.5 Å². The summed E-state index contributed by atoms with van der Waals surface area (Å²) in [6.07, 6.45) is 5.68. The highest BCUT2D eigenvalue weighted by Crippen LogP contribution is 2.24. The lowest BCUT2D eigenvalue weighted by atomic mass is 9.90. The van der Waals surface area contributed by atoms with E-state index < -0.39 is 15.8 Å². The van der Waals surface area contributed by atoms with Crippen molar-refractivity contribution in [2.45, 2.75) is 43.9 Å². The number of rotatable bonds is 4. The minimum atomic E-state index is -3.62. The summed E-state index contributed by atoms with van der Waals surface area (Å²) in [4.78, 5) is 0.0321. The smallest absolute Gasteiger partial charge is 0.240 e. The fourth-order valence-electron chi connectivity index (χ4n) is 2.62. The number of halogens is 1. The summed E-state index contributed by atoms with van der Waals surface area (Å²) in [5, 5.41) is 0. The van der Waals surface area contributed by atoms with Gasteiger partial charge in [0.05, 0.1) is 10.6 Å². The molecule has 6 heteroatoms. The molecule has 1 aromatic rings. The molecule has 0 radical (unpaired) electrons. The maximum absolute atomic E-state index is 13.4. The Kier molecular flexibility index (Phi) is 4.65. The van der Waals surface area contributed by atoms with Crippen molar-refractivity contribution in [3.63, 3.8) is 0 Å². The summed E-state index contributed by atoms with van der Waals surface area (Å²) in [5.41, 5.74) is 5.59. The van der Waals surface area contributed by atoms with Gasteiger partial charge < -0.3 is 5.73 Å². The summed E-state index contributed by atoms with van der Waals surface area (Å²) in [6.45, 7) is 1.95. The van der Waals surface area contributed by atoms with E-state index in [4.69, 9.17) is 5.73 Å². The Hall–Kier alpha value is -1.14. The Balaban J connectivity index is 2.10. The zero-order chi connectivity index (χ0) is 14.8. The van der Waals surface area contributed by atoms with Crippen LogP contribution in [0.2, 0.25) is 0 Å². The summed E-state index contributed by atoms with van der Waals surface area (Å²) in [7, 11) is -3.62. The average molecular weight is 300 g/mol. The number of hydrogen-bond acceptors (Lipinski definition) is 3. The van der Waals surface area contributed by atoms with Gasteiger partial charge in [-0.15, -0.1) is 0 Å². The first kappa shape index (κ1) is 15.3. The molecule has 0 aliphatic heterocycles. The van der Waals surface area contributed by atoms with Gasteiger partial charge in [0.2, 0.25) is 10.0 Å². The summed E-state index contributed by atoms with van der Waals surface area (Å²) in [6, 6.07) is 2.49. The zero-order valence-electron chi connectivity index (χ0n) is 11.7. The van der Waals surface area contributed by atoms with Crippen molar-refractivity contribution >= 4 is 15.7 Å². The lowest BCUT2D eigenvalue weighted by molar-refractivity contribution is 0.357. The summed E-state index contributed by atoms with van der Waals surface area (Å²) >= 11 is 0. The van der Waals surface area contributed by atoms with Crippen LogP contribution in [-0.2, 0) is 10.0 Å². The molecule has 0 atom stereocenters. The van der Waals surface area contributed by atoms with Gasteiger partial charge in [-0.1, -0.05) is 19.3 Å². The molecule has 2 rings (SSSR count). The van der Waals surface area contributed by atoms with Crippen LogP contribution in [-0.4, -0.2) is 15.0 Å². The minimum Gasteiger partial charge on any atom is -0.396 e. The molecule has 0 saturated heterocycles. The number of sulfonamides is 1. The fourth-order valence-corrected chi connectivity index (χ4v) is 3.86. The molecule has 1 aliphatic rings. The molecular formula is C14H21FN2O2S. The maximum Gasteiger partial charge on any atom is 0.240 e. The number of nitrogens with one attached hydrogen (secondary N) is 1. The van der Waals surface area contributed by atoms with E-state index in [9.17, 15) is 12.8 Å². The van der Waals surface area contributed by atoms with Crippen LogP contribution in [0, 0.1) is 18.7 Å². The van der Waals surface area contributed by atoms with Crippen molar-refractivity contribution in [2.24, 2.45) is 5.92 Å². The third-order valence-electron chi connectivity index (χ3n) is 3.85. The Labute approximate surface area is 119 Å². The van der Waals surface area contributed by atoms with E-state index in [-0.39, 0.29) is 16.1 Å². The fraction of sp³-hybridized carbons (Fsp3) is 0.571. The van der Waals surface area contributed by atoms with Crippen LogP contribution in [0.4, 0.5) is 10.1 Å². The highest BCUT2D eigenvalue weighted by atomic mass is 32.2. The highest BCUT2D eigenvalue weighted by molar-refractivity contribution is 7.89. The molecule has 4 nitrogen and oxygen atoms in total. The lowest BCUT2D eigenvalue weighted by Gasteiger charge is -2.21. The summed E-state index contributed by atoms with van der Waals surface area (Å²) in [5.74, 6) is -0.159. The van der Waals surface area contributed by atoms with Gasteiger partial charge in [-0.2, -0.15) is 0 Å². The van der Waals surface area contributed by atoms with Gasteiger partial charge in [-0.3, -0.25) is 0 Å². The number of aryl methyl sites for hydroxylation is 1. The molecule has 0 amide bonds. The van der Waals surface area contributed by atoms with E-state index in [0.717, 1.165) is 25.7 Å². The van der Waals surface area contributed by atoms with Crippen molar-refractivity contribution in [1.29, 1.82) is 0 Å². The van der Waals surface area contributed by atoms with Crippen LogP contribution >= 0.6 is 0 Å². The van der Waals surface area contributed by atoms with Crippen LogP contribution < -0.4 is 10.5 Å². The van der Waals surface area contributed by atoms with E-state index in [0.29, 0.717) is 12.5 Å². The maximum atomic E-state index is 13.4. The molecular weight excluding hydrogens is 279 g/mol. The van der Waals surface area contributed by atoms with Crippen molar-refractivity contribution < 1.29 is 12.8 Å². The Morgan fingerprint density at radius 3 is 2.55 bits per heavy atom. The number of anilines is 1. The van der Waals surface area contributed by atoms with Gasteiger partial charge in [0, 0.05) is 6.54 Å². The first-order chi connectivity index (χ1) is 9.40. The third-order valence-corrected chi connectivity index (χ3v) is 5.26. The normalized spacial score (nSPS) is 17.3. The second-order valence-corrected chi connectivity index (χ2v) is 7.27. The van der Waals surface area contributed by atoms with Crippen molar-refractivity contribution in [3.8, 4) is 0 Å². The SMILES string of the molecule is Cc1cc(S(=O)(=O)NCC2CCCCC2)cc(N)c1F. The molecule has 0 bridgehead atoms. The van der Waals surface area contributed by atoms with Gasteiger partial charge in [0.1, 0.15) is 5.82 Å². The predicted octanol–water partition coefficient (Wildman–Crippen LogP) is 2.57. The largest absolute Gasteiger partial charge is 0.396 e. The van der Waals surface area contributed by atoms with E-state index in [2.05, 4.69) is 4.72 Å². The molecule has 1 fully saturated rings. The van der Waals surface area contributed by atoms with E-state index in [1.54, 1.807) is 0 Å². The number of nitrogen functional groups attached to an aromatic ring is 1. The average Bonchev–Trinajstić information content (AvgIpc) is 2.43. The topological polar surface area (TPSA) is 72.2 Å². The van der Waals surface area contributed by atoms with E-state index in [1.807, 2.05) is 0 Å². The first-order valence-corrected chi connectivity index (χ1v) is 8.44. The quantitative estimate of drug-likeness (QED) is 0.839. The van der Waals surface area contributed by atoms with Crippen molar-refractivity contribution in [2.75, 3.05) is 12.3 Å². The molecule has 0 heterocycles. The van der Waals surface area contributed by atoms with Crippen LogP contribution in [0.15, 0.2) is 17.0 Å². The number of nitrogens with two attached hydrogens (primary N) is 1. The molecule has 1 aliphatic carbocycles. The number of benzene rings is 1. The van der Waals surface area contributed by atoms with Crippen LogP contribution in [0.25, 0.3) is 0 Å². The molecule has 1 saturated carbocycles. The van der Waals surface area contributed by atoms with Gasteiger partial charge in [-0.25, -0.2) is 17.5 Å². The van der Waals surface area contributed by atoms with Crippen LogP contribution in [0.3, 0.4) is 0 Å². The van der Waals surface area contributed by atoms with E-state index in [1.165, 1.54) is 25.5 Å². The lowest BCUT2D eigenvalue weighted by Crippen LogP contribution is -2.30. The van der Waals surface area contributed by atoms with Crippen LogP contribution in [0.1, 0.15) is 37.7 Å². The minimum absolute atomic E-state index is 0.0321. The van der Waals surface area contributed by atoms with Crippen molar-refractivity contribution in [1.82, 2.24) is 4.72 Å². The molecule has 0 aromatic heterocycles. The Bertz CT molecular complexity index is 558. The molecule has 1 aromatic carbocycles. The van der Waals surface area contributed by atoms with Gasteiger partial charge in [0.15, 0.2) is 0 Å². The van der Waals surface area contributed by atoms with Gasteiger partial charge >= 0.3 is 0 Å². The zero-order valence-corrected chi connectivity index (χ0v) is 12.5. The highest BCUT2D eigenvalue weighted by Gasteiger charge is 2.20. The molecule has 0 unspecified atom stereocenters. The second-order valence-electron chi connectivity index (χ2n) is 5.50.